The lowest BCUT2D eigenvalue weighted by Gasteiger charge is -2.07. The van der Waals surface area contributed by atoms with Crippen molar-refractivity contribution in [2.75, 3.05) is 18.5 Å². The number of rotatable bonds is 6. The second kappa shape index (κ2) is 6.05. The largest absolute Gasteiger partial charge is 0.478 e. The molecule has 0 aliphatic heterocycles. The van der Waals surface area contributed by atoms with Crippen LogP contribution in [-0.2, 0) is 13.5 Å². The van der Waals surface area contributed by atoms with Crippen molar-refractivity contribution in [3.05, 3.63) is 36.2 Å². The predicted octanol–water partition coefficient (Wildman–Crippen LogP) is 1.87. The lowest BCUT2D eigenvalue weighted by atomic mass is 10.3. The van der Waals surface area contributed by atoms with Crippen LogP contribution in [0.3, 0.4) is 0 Å². The van der Waals surface area contributed by atoms with Gasteiger partial charge in [-0.05, 0) is 19.1 Å². The van der Waals surface area contributed by atoms with E-state index in [1.54, 1.807) is 0 Å². The van der Waals surface area contributed by atoms with E-state index >= 15 is 0 Å². The van der Waals surface area contributed by atoms with E-state index in [0.29, 0.717) is 12.5 Å². The zero-order chi connectivity index (χ0) is 12.8. The number of hydrogen-bond donors (Lipinski definition) is 1. The Morgan fingerprint density at radius 1 is 1.33 bits per heavy atom. The van der Waals surface area contributed by atoms with Gasteiger partial charge in [0.2, 0.25) is 5.88 Å². The fourth-order valence-electron chi connectivity index (χ4n) is 1.71. The average Bonchev–Trinajstić information content (AvgIpc) is 2.76. The minimum absolute atomic E-state index is 0.630. The molecule has 0 saturated carbocycles. The maximum absolute atomic E-state index is 5.35. The molecule has 0 radical (unpaired) electrons. The Hall–Kier alpha value is -2.04. The van der Waals surface area contributed by atoms with Crippen LogP contribution < -0.4 is 10.1 Å². The molecule has 2 aromatic rings. The molecule has 0 amide bonds. The summed E-state index contributed by atoms with van der Waals surface area (Å²) in [6.45, 7) is 3.40. The third kappa shape index (κ3) is 3.23. The van der Waals surface area contributed by atoms with Gasteiger partial charge in [-0.25, -0.2) is 0 Å². The van der Waals surface area contributed by atoms with E-state index in [2.05, 4.69) is 15.4 Å². The summed E-state index contributed by atoms with van der Waals surface area (Å²) in [5.74, 6) is 1.49. The van der Waals surface area contributed by atoms with Crippen LogP contribution in [0.15, 0.2) is 30.5 Å². The highest BCUT2D eigenvalue weighted by Gasteiger charge is 2.00. The summed E-state index contributed by atoms with van der Waals surface area (Å²) < 4.78 is 7.23. The fraction of sp³-hybridized carbons (Fsp3) is 0.385. The second-order valence-electron chi connectivity index (χ2n) is 3.92. The summed E-state index contributed by atoms with van der Waals surface area (Å²) in [5.41, 5.74) is 1.20. The first-order chi connectivity index (χ1) is 8.79. The number of aromatic nitrogens is 3. The molecule has 0 saturated heterocycles. The van der Waals surface area contributed by atoms with Gasteiger partial charge in [-0.2, -0.15) is 10.1 Å². The summed E-state index contributed by atoms with van der Waals surface area (Å²) in [5, 5.41) is 7.41. The number of pyridine rings is 1. The molecule has 0 spiro atoms. The van der Waals surface area contributed by atoms with Gasteiger partial charge in [0, 0.05) is 38.0 Å². The zero-order valence-electron chi connectivity index (χ0n) is 10.8. The Kier molecular flexibility index (Phi) is 4.17. The topological polar surface area (TPSA) is 52.0 Å². The van der Waals surface area contributed by atoms with Gasteiger partial charge >= 0.3 is 0 Å². The van der Waals surface area contributed by atoms with E-state index in [-0.39, 0.29) is 0 Å². The van der Waals surface area contributed by atoms with Crippen LogP contribution in [0.5, 0.6) is 5.88 Å². The first-order valence-corrected chi connectivity index (χ1v) is 6.10. The minimum atomic E-state index is 0.630. The summed E-state index contributed by atoms with van der Waals surface area (Å²) in [6.07, 6.45) is 2.72. The van der Waals surface area contributed by atoms with E-state index in [1.807, 2.05) is 49.1 Å². The zero-order valence-corrected chi connectivity index (χ0v) is 10.8. The average molecular weight is 246 g/mol. The standard InChI is InChI=1S/C13H18N4O/c1-3-18-13-6-4-5-12(16-13)14-9-7-11-8-10-15-17(11)2/h4-6,8,10H,3,7,9H2,1-2H3,(H,14,16). The molecule has 0 fully saturated rings. The lowest BCUT2D eigenvalue weighted by molar-refractivity contribution is 0.327. The van der Waals surface area contributed by atoms with Gasteiger partial charge < -0.3 is 10.1 Å². The molecule has 18 heavy (non-hydrogen) atoms. The van der Waals surface area contributed by atoms with Crippen molar-refractivity contribution in [1.29, 1.82) is 0 Å². The summed E-state index contributed by atoms with van der Waals surface area (Å²) in [7, 11) is 1.95. The van der Waals surface area contributed by atoms with Gasteiger partial charge in [-0.15, -0.1) is 0 Å². The highest BCUT2D eigenvalue weighted by molar-refractivity contribution is 5.37. The van der Waals surface area contributed by atoms with Crippen molar-refractivity contribution in [2.45, 2.75) is 13.3 Å². The van der Waals surface area contributed by atoms with Crippen LogP contribution in [0.1, 0.15) is 12.6 Å². The Morgan fingerprint density at radius 3 is 2.94 bits per heavy atom. The molecule has 5 heteroatoms. The molecule has 2 rings (SSSR count). The molecule has 0 unspecified atom stereocenters. The Labute approximate surface area is 107 Å². The van der Waals surface area contributed by atoms with Gasteiger partial charge in [-0.1, -0.05) is 6.07 Å². The summed E-state index contributed by atoms with van der Waals surface area (Å²) >= 11 is 0. The fourth-order valence-corrected chi connectivity index (χ4v) is 1.71. The molecule has 5 nitrogen and oxygen atoms in total. The van der Waals surface area contributed by atoms with E-state index in [4.69, 9.17) is 4.74 Å². The van der Waals surface area contributed by atoms with Crippen molar-refractivity contribution >= 4 is 5.82 Å². The molecule has 2 aromatic heterocycles. The van der Waals surface area contributed by atoms with Crippen LogP contribution in [0.2, 0.25) is 0 Å². The van der Waals surface area contributed by atoms with Crippen LogP contribution >= 0.6 is 0 Å². The maximum Gasteiger partial charge on any atom is 0.215 e. The van der Waals surface area contributed by atoms with Gasteiger partial charge in [-0.3, -0.25) is 4.68 Å². The third-order valence-corrected chi connectivity index (χ3v) is 2.63. The maximum atomic E-state index is 5.35. The monoisotopic (exact) mass is 246 g/mol. The number of hydrogen-bond acceptors (Lipinski definition) is 4. The van der Waals surface area contributed by atoms with E-state index in [1.165, 1.54) is 5.69 Å². The number of nitrogens with zero attached hydrogens (tertiary/aromatic N) is 3. The molecular formula is C13H18N4O. The number of anilines is 1. The van der Waals surface area contributed by atoms with Gasteiger partial charge in [0.15, 0.2) is 0 Å². The van der Waals surface area contributed by atoms with Crippen LogP contribution in [0.25, 0.3) is 0 Å². The third-order valence-electron chi connectivity index (χ3n) is 2.63. The summed E-state index contributed by atoms with van der Waals surface area (Å²) in [4.78, 5) is 4.35. The first kappa shape index (κ1) is 12.4. The van der Waals surface area contributed by atoms with Crippen LogP contribution in [-0.4, -0.2) is 27.9 Å². The molecule has 0 aliphatic rings. The van der Waals surface area contributed by atoms with Crippen molar-refractivity contribution in [3.63, 3.8) is 0 Å². The molecule has 1 N–H and O–H groups in total. The molecule has 96 valence electrons. The van der Waals surface area contributed by atoms with Crippen LogP contribution in [0.4, 0.5) is 5.82 Å². The lowest BCUT2D eigenvalue weighted by Crippen LogP contribution is -2.09. The van der Waals surface area contributed by atoms with Crippen molar-refractivity contribution in [2.24, 2.45) is 7.05 Å². The van der Waals surface area contributed by atoms with Gasteiger partial charge in [0.25, 0.3) is 0 Å². The smallest absolute Gasteiger partial charge is 0.215 e. The molecule has 0 atom stereocenters. The van der Waals surface area contributed by atoms with Crippen molar-refractivity contribution in [3.8, 4) is 5.88 Å². The molecule has 0 aliphatic carbocycles. The first-order valence-electron chi connectivity index (χ1n) is 6.10. The molecule has 0 aromatic carbocycles. The second-order valence-corrected chi connectivity index (χ2v) is 3.92. The van der Waals surface area contributed by atoms with Gasteiger partial charge in [0.05, 0.1) is 6.61 Å². The van der Waals surface area contributed by atoms with E-state index < -0.39 is 0 Å². The van der Waals surface area contributed by atoms with E-state index in [9.17, 15) is 0 Å². The van der Waals surface area contributed by atoms with E-state index in [0.717, 1.165) is 18.8 Å². The Balaban J connectivity index is 1.86. The van der Waals surface area contributed by atoms with Gasteiger partial charge in [0.1, 0.15) is 5.82 Å². The number of ether oxygens (including phenoxy) is 1. The molecule has 2 heterocycles. The minimum Gasteiger partial charge on any atom is -0.478 e. The quantitative estimate of drug-likeness (QED) is 0.845. The predicted molar refractivity (Wildman–Crippen MR) is 70.8 cm³/mol. The molecule has 0 bridgehead atoms. The number of aryl methyl sites for hydroxylation is 1. The van der Waals surface area contributed by atoms with Crippen LogP contribution in [0, 0.1) is 0 Å². The van der Waals surface area contributed by atoms with Crippen molar-refractivity contribution < 1.29 is 4.74 Å². The highest BCUT2D eigenvalue weighted by Crippen LogP contribution is 2.11. The Morgan fingerprint density at radius 2 is 2.22 bits per heavy atom. The Bertz CT molecular complexity index is 495. The normalized spacial score (nSPS) is 10.3. The summed E-state index contributed by atoms with van der Waals surface area (Å²) in [6, 6.07) is 7.75. The molecular weight excluding hydrogens is 228 g/mol. The highest BCUT2D eigenvalue weighted by atomic mass is 16.5. The van der Waals surface area contributed by atoms with Crippen molar-refractivity contribution in [1.82, 2.24) is 14.8 Å². The number of nitrogens with one attached hydrogen (secondary N) is 1. The SMILES string of the molecule is CCOc1cccc(NCCc2ccnn2C)n1.